The highest BCUT2D eigenvalue weighted by Gasteiger charge is 2.25. The summed E-state index contributed by atoms with van der Waals surface area (Å²) in [5.41, 5.74) is 5.58. The van der Waals surface area contributed by atoms with E-state index in [0.717, 1.165) is 16.5 Å². The molecular weight excluding hydrogens is 294 g/mol. The third-order valence-corrected chi connectivity index (χ3v) is 4.32. The molecule has 2 aromatic heterocycles. The van der Waals surface area contributed by atoms with E-state index in [1.165, 1.54) is 5.56 Å². The van der Waals surface area contributed by atoms with Crippen LogP contribution in [0.1, 0.15) is 5.56 Å². The van der Waals surface area contributed by atoms with Crippen molar-refractivity contribution >= 4 is 17.8 Å². The lowest BCUT2D eigenvalue weighted by molar-refractivity contribution is 0.812. The summed E-state index contributed by atoms with van der Waals surface area (Å²) < 4.78 is 1.93. The quantitative estimate of drug-likeness (QED) is 0.806. The molecule has 0 saturated carbocycles. The van der Waals surface area contributed by atoms with Crippen molar-refractivity contribution in [2.45, 2.75) is 10.5 Å². The predicted octanol–water partition coefficient (Wildman–Crippen LogP) is 3.03. The van der Waals surface area contributed by atoms with Crippen molar-refractivity contribution in [3.63, 3.8) is 0 Å². The number of benzene rings is 1. The summed E-state index contributed by atoms with van der Waals surface area (Å²) in [6, 6.07) is 14.1. The normalized spacial score (nSPS) is 16.6. The summed E-state index contributed by atoms with van der Waals surface area (Å²) in [6.07, 6.45) is 7.75. The molecule has 3 aromatic rings. The van der Waals surface area contributed by atoms with Gasteiger partial charge in [0.1, 0.15) is 5.37 Å². The SMILES string of the molecule is C(=C\C1Nn2c(nnc2-c2ccncc2)S1)/c1ccccc1. The van der Waals surface area contributed by atoms with Crippen LogP contribution < -0.4 is 5.43 Å². The van der Waals surface area contributed by atoms with Crippen molar-refractivity contribution in [3.8, 4) is 11.4 Å². The molecule has 1 aliphatic rings. The molecule has 108 valence electrons. The zero-order chi connectivity index (χ0) is 14.8. The molecule has 0 amide bonds. The first-order valence-corrected chi connectivity index (χ1v) is 7.80. The molecule has 0 aliphatic carbocycles. The Morgan fingerprint density at radius 2 is 1.86 bits per heavy atom. The van der Waals surface area contributed by atoms with Crippen LogP contribution in [0.3, 0.4) is 0 Å². The van der Waals surface area contributed by atoms with Gasteiger partial charge in [-0.25, -0.2) is 4.68 Å². The standard InChI is InChI=1S/C16H13N5S/c1-2-4-12(5-3-1)6-7-14-20-21-15(18-19-16(21)22-14)13-8-10-17-11-9-13/h1-11,14,20H/b7-6+. The number of pyridine rings is 1. The second-order valence-electron chi connectivity index (χ2n) is 4.81. The molecule has 6 heteroatoms. The van der Waals surface area contributed by atoms with Gasteiger partial charge < -0.3 is 5.43 Å². The Kier molecular flexibility index (Phi) is 3.36. The lowest BCUT2D eigenvalue weighted by atomic mass is 10.2. The average Bonchev–Trinajstić information content (AvgIpc) is 3.15. The Labute approximate surface area is 132 Å². The summed E-state index contributed by atoms with van der Waals surface area (Å²) in [6.45, 7) is 0. The summed E-state index contributed by atoms with van der Waals surface area (Å²) in [5.74, 6) is 0.806. The maximum Gasteiger partial charge on any atom is 0.212 e. The van der Waals surface area contributed by atoms with Crippen molar-refractivity contribution in [1.29, 1.82) is 0 Å². The Bertz CT molecular complexity index is 798. The van der Waals surface area contributed by atoms with Gasteiger partial charge in [-0.1, -0.05) is 48.2 Å². The van der Waals surface area contributed by atoms with Crippen LogP contribution >= 0.6 is 11.8 Å². The van der Waals surface area contributed by atoms with Crippen molar-refractivity contribution in [1.82, 2.24) is 19.9 Å². The van der Waals surface area contributed by atoms with Gasteiger partial charge in [-0.05, 0) is 23.8 Å². The fraction of sp³-hybridized carbons (Fsp3) is 0.0625. The van der Waals surface area contributed by atoms with Crippen molar-refractivity contribution in [2.75, 3.05) is 5.43 Å². The first-order chi connectivity index (χ1) is 10.9. The number of fused-ring (bicyclic) bond motifs is 1. The van der Waals surface area contributed by atoms with Gasteiger partial charge >= 0.3 is 0 Å². The average molecular weight is 307 g/mol. The van der Waals surface area contributed by atoms with Gasteiger partial charge in [0.05, 0.1) is 0 Å². The van der Waals surface area contributed by atoms with Crippen LogP contribution in [0.15, 0.2) is 66.1 Å². The van der Waals surface area contributed by atoms with Gasteiger partial charge in [-0.2, -0.15) is 0 Å². The zero-order valence-corrected chi connectivity index (χ0v) is 12.4. The first-order valence-electron chi connectivity index (χ1n) is 6.92. The van der Waals surface area contributed by atoms with Crippen LogP contribution in [0.2, 0.25) is 0 Å². The highest BCUT2D eigenvalue weighted by molar-refractivity contribution is 8.00. The lowest BCUT2D eigenvalue weighted by Gasteiger charge is -2.07. The minimum Gasteiger partial charge on any atom is -0.304 e. The van der Waals surface area contributed by atoms with Crippen molar-refractivity contribution in [3.05, 3.63) is 66.5 Å². The highest BCUT2D eigenvalue weighted by Crippen LogP contribution is 2.31. The van der Waals surface area contributed by atoms with E-state index in [4.69, 9.17) is 0 Å². The minimum absolute atomic E-state index is 0.145. The van der Waals surface area contributed by atoms with Crippen LogP contribution in [-0.4, -0.2) is 25.2 Å². The molecule has 1 atom stereocenters. The molecule has 4 rings (SSSR count). The van der Waals surface area contributed by atoms with E-state index in [2.05, 4.69) is 44.9 Å². The highest BCUT2D eigenvalue weighted by atomic mass is 32.2. The Morgan fingerprint density at radius 1 is 1.05 bits per heavy atom. The summed E-state index contributed by atoms with van der Waals surface area (Å²) in [7, 11) is 0. The molecular formula is C16H13N5S. The second kappa shape index (κ2) is 5.65. The van der Waals surface area contributed by atoms with Crippen molar-refractivity contribution < 1.29 is 0 Å². The second-order valence-corrected chi connectivity index (χ2v) is 5.92. The molecule has 1 unspecified atom stereocenters. The van der Waals surface area contributed by atoms with E-state index in [1.807, 2.05) is 35.0 Å². The number of hydrogen-bond acceptors (Lipinski definition) is 5. The maximum absolute atomic E-state index is 4.24. The Balaban J connectivity index is 1.55. The zero-order valence-electron chi connectivity index (χ0n) is 11.6. The smallest absolute Gasteiger partial charge is 0.212 e. The van der Waals surface area contributed by atoms with Gasteiger partial charge in [-0.3, -0.25) is 4.98 Å². The third kappa shape index (κ3) is 2.48. The molecule has 1 aromatic carbocycles. The fourth-order valence-electron chi connectivity index (χ4n) is 2.26. The Hall–Kier alpha value is -2.60. The molecule has 0 saturated heterocycles. The molecule has 22 heavy (non-hydrogen) atoms. The van der Waals surface area contributed by atoms with Crippen molar-refractivity contribution in [2.24, 2.45) is 0 Å². The van der Waals surface area contributed by atoms with Crippen LogP contribution in [0.5, 0.6) is 0 Å². The maximum atomic E-state index is 4.24. The van der Waals surface area contributed by atoms with Crippen LogP contribution in [0, 0.1) is 0 Å². The molecule has 0 spiro atoms. The summed E-state index contributed by atoms with van der Waals surface area (Å²) >= 11 is 1.65. The van der Waals surface area contributed by atoms with Gasteiger partial charge in [0.2, 0.25) is 5.16 Å². The van der Waals surface area contributed by atoms with E-state index in [0.29, 0.717) is 0 Å². The van der Waals surface area contributed by atoms with Gasteiger partial charge in [0.25, 0.3) is 0 Å². The third-order valence-electron chi connectivity index (χ3n) is 3.32. The number of aromatic nitrogens is 4. The summed E-state index contributed by atoms with van der Waals surface area (Å²) in [4.78, 5) is 4.03. The van der Waals surface area contributed by atoms with E-state index < -0.39 is 0 Å². The molecule has 1 aliphatic heterocycles. The fourth-order valence-corrected chi connectivity index (χ4v) is 3.14. The number of nitrogens with one attached hydrogen (secondary N) is 1. The summed E-state index contributed by atoms with van der Waals surface area (Å²) in [5, 5.41) is 9.49. The van der Waals surface area contributed by atoms with Gasteiger partial charge in [-0.15, -0.1) is 10.2 Å². The monoisotopic (exact) mass is 307 g/mol. The van der Waals surface area contributed by atoms with Crippen LogP contribution in [0.4, 0.5) is 0 Å². The number of rotatable bonds is 3. The molecule has 0 radical (unpaired) electrons. The van der Waals surface area contributed by atoms with Crippen LogP contribution in [0.25, 0.3) is 17.5 Å². The van der Waals surface area contributed by atoms with Crippen LogP contribution in [-0.2, 0) is 0 Å². The number of hydrogen-bond donors (Lipinski definition) is 1. The number of nitrogens with zero attached hydrogens (tertiary/aromatic N) is 4. The largest absolute Gasteiger partial charge is 0.304 e. The molecule has 0 fully saturated rings. The van der Waals surface area contributed by atoms with E-state index >= 15 is 0 Å². The molecule has 1 N–H and O–H groups in total. The van der Waals surface area contributed by atoms with Gasteiger partial charge in [0.15, 0.2) is 5.82 Å². The predicted molar refractivity (Wildman–Crippen MR) is 87.7 cm³/mol. The van der Waals surface area contributed by atoms with E-state index in [9.17, 15) is 0 Å². The minimum atomic E-state index is 0.145. The topological polar surface area (TPSA) is 55.6 Å². The van der Waals surface area contributed by atoms with Gasteiger partial charge in [0, 0.05) is 18.0 Å². The molecule has 0 bridgehead atoms. The number of thioether (sulfide) groups is 1. The van der Waals surface area contributed by atoms with E-state index in [1.54, 1.807) is 24.2 Å². The Morgan fingerprint density at radius 3 is 2.68 bits per heavy atom. The molecule has 3 heterocycles. The van der Waals surface area contributed by atoms with E-state index in [-0.39, 0.29) is 5.37 Å². The molecule has 5 nitrogen and oxygen atoms in total. The first kappa shape index (κ1) is 13.1. The lowest BCUT2D eigenvalue weighted by Crippen LogP contribution is -2.17.